The van der Waals surface area contributed by atoms with Gasteiger partial charge >= 0.3 is 0 Å². The smallest absolute Gasteiger partial charge is 0.264 e. The van der Waals surface area contributed by atoms with Crippen LogP contribution in [0.1, 0.15) is 37.0 Å². The highest BCUT2D eigenvalue weighted by Gasteiger charge is 2.35. The number of nitrogens with zero attached hydrogens (tertiary/aromatic N) is 2. The van der Waals surface area contributed by atoms with Gasteiger partial charge in [0.05, 0.1) is 17.7 Å². The fourth-order valence-corrected chi connectivity index (χ4v) is 5.97. The summed E-state index contributed by atoms with van der Waals surface area (Å²) < 4.78 is 34.6. The van der Waals surface area contributed by atoms with E-state index in [1.165, 1.54) is 30.2 Å². The maximum atomic E-state index is 14.1. The maximum Gasteiger partial charge on any atom is 0.264 e. The van der Waals surface area contributed by atoms with Crippen LogP contribution in [0.3, 0.4) is 0 Å². The molecule has 1 N–H and O–H groups in total. The largest absolute Gasteiger partial charge is 0.495 e. The van der Waals surface area contributed by atoms with Crippen LogP contribution in [0.2, 0.25) is 5.02 Å². The number of halogens is 1. The van der Waals surface area contributed by atoms with E-state index in [2.05, 4.69) is 5.32 Å². The number of likely N-dealkylation sites (N-methyl/N-ethyl adjacent to an activating group) is 1. The third-order valence-electron chi connectivity index (χ3n) is 6.64. The summed E-state index contributed by atoms with van der Waals surface area (Å²) in [7, 11) is -2.83. The third kappa shape index (κ3) is 7.14. The first-order valence-corrected chi connectivity index (χ1v) is 14.9. The molecule has 0 saturated heterocycles. The molecule has 0 aliphatic heterocycles. The predicted octanol–water partition coefficient (Wildman–Crippen LogP) is 5.10. The molecule has 8 nitrogen and oxygen atoms in total. The lowest BCUT2D eigenvalue weighted by Crippen LogP contribution is -2.52. The molecule has 214 valence electrons. The van der Waals surface area contributed by atoms with Crippen molar-refractivity contribution in [2.45, 2.75) is 51.6 Å². The summed E-state index contributed by atoms with van der Waals surface area (Å²) >= 11 is 6.28. The second-order valence-corrected chi connectivity index (χ2v) is 11.7. The lowest BCUT2D eigenvalue weighted by Gasteiger charge is -2.33. The van der Waals surface area contributed by atoms with Gasteiger partial charge in [-0.2, -0.15) is 0 Å². The van der Waals surface area contributed by atoms with Crippen molar-refractivity contribution in [3.8, 4) is 5.75 Å². The van der Waals surface area contributed by atoms with E-state index in [1.54, 1.807) is 31.2 Å². The van der Waals surface area contributed by atoms with Gasteiger partial charge < -0.3 is 15.0 Å². The Bertz CT molecular complexity index is 1440. The molecule has 0 aromatic heterocycles. The Kier molecular flexibility index (Phi) is 10.6. The Morgan fingerprint density at radius 2 is 1.68 bits per heavy atom. The van der Waals surface area contributed by atoms with Crippen molar-refractivity contribution >= 4 is 39.1 Å². The second kappa shape index (κ2) is 13.7. The molecule has 0 heterocycles. The van der Waals surface area contributed by atoms with Crippen molar-refractivity contribution in [3.63, 3.8) is 0 Å². The molecular weight excluding hydrogens is 550 g/mol. The van der Waals surface area contributed by atoms with Crippen LogP contribution in [0.15, 0.2) is 71.6 Å². The molecule has 3 rings (SSSR count). The minimum Gasteiger partial charge on any atom is -0.495 e. The molecule has 0 saturated carbocycles. The number of benzene rings is 3. The van der Waals surface area contributed by atoms with Gasteiger partial charge in [0.25, 0.3) is 10.0 Å². The third-order valence-corrected chi connectivity index (χ3v) is 8.65. The minimum absolute atomic E-state index is 0.00847. The highest BCUT2D eigenvalue weighted by atomic mass is 35.5. The van der Waals surface area contributed by atoms with Crippen LogP contribution >= 0.6 is 11.6 Å². The Morgan fingerprint density at radius 3 is 2.27 bits per heavy atom. The van der Waals surface area contributed by atoms with Gasteiger partial charge in [-0.05, 0) is 68.7 Å². The number of rotatable bonds is 12. The summed E-state index contributed by atoms with van der Waals surface area (Å²) in [6.45, 7) is 7.36. The van der Waals surface area contributed by atoms with Crippen LogP contribution in [-0.4, -0.2) is 51.4 Å². The van der Waals surface area contributed by atoms with Gasteiger partial charge in [0, 0.05) is 18.1 Å². The molecule has 10 heteroatoms. The number of sulfonamides is 1. The number of carbonyl (C=O) groups excluding carboxylic acids is 2. The molecule has 0 bridgehead atoms. The Balaban J connectivity index is 2.14. The van der Waals surface area contributed by atoms with Crippen LogP contribution in [0.4, 0.5) is 5.69 Å². The molecule has 0 aliphatic carbocycles. The number of anilines is 1. The standard InChI is InChI=1S/C30H36ClN3O5S/c1-6-26(30(36)32-7-2)33(19-23-11-9-8-10-22(23)4)29(35)20-34(27-18-24(31)14-17-28(27)39-5)40(37,38)25-15-12-21(3)13-16-25/h8-18,26H,6-7,19-20H2,1-5H3,(H,32,36)/t26-/m0/s1. The molecule has 40 heavy (non-hydrogen) atoms. The van der Waals surface area contributed by atoms with Crippen LogP contribution < -0.4 is 14.4 Å². The molecule has 0 spiro atoms. The Hall–Kier alpha value is -3.56. The summed E-state index contributed by atoms with van der Waals surface area (Å²) in [5, 5.41) is 3.08. The first-order valence-electron chi connectivity index (χ1n) is 13.1. The Labute approximate surface area is 241 Å². The predicted molar refractivity (Wildman–Crippen MR) is 158 cm³/mol. The monoisotopic (exact) mass is 585 g/mol. The first kappa shape index (κ1) is 31.0. The van der Waals surface area contributed by atoms with Crippen molar-refractivity contribution in [2.24, 2.45) is 0 Å². The van der Waals surface area contributed by atoms with E-state index >= 15 is 0 Å². The van der Waals surface area contributed by atoms with Crippen molar-refractivity contribution in [3.05, 3.63) is 88.4 Å². The summed E-state index contributed by atoms with van der Waals surface area (Å²) in [6.07, 6.45) is 0.342. The lowest BCUT2D eigenvalue weighted by atomic mass is 10.1. The fraction of sp³-hybridized carbons (Fsp3) is 0.333. The molecule has 3 aromatic carbocycles. The first-order chi connectivity index (χ1) is 19.0. The number of hydrogen-bond acceptors (Lipinski definition) is 5. The van der Waals surface area contributed by atoms with Crippen molar-refractivity contribution in [2.75, 3.05) is 24.5 Å². The number of methoxy groups -OCH3 is 1. The topological polar surface area (TPSA) is 96.0 Å². The number of amides is 2. The number of carbonyl (C=O) groups is 2. The van der Waals surface area contributed by atoms with E-state index in [0.29, 0.717) is 13.0 Å². The molecule has 1 atom stereocenters. The van der Waals surface area contributed by atoms with E-state index < -0.39 is 28.5 Å². The van der Waals surface area contributed by atoms with Gasteiger partial charge in [-0.3, -0.25) is 13.9 Å². The zero-order valence-electron chi connectivity index (χ0n) is 23.5. The number of aryl methyl sites for hydroxylation is 2. The molecule has 2 amide bonds. The van der Waals surface area contributed by atoms with E-state index in [1.807, 2.05) is 45.0 Å². The highest BCUT2D eigenvalue weighted by Crippen LogP contribution is 2.35. The van der Waals surface area contributed by atoms with E-state index in [0.717, 1.165) is 21.0 Å². The second-order valence-electron chi connectivity index (χ2n) is 9.41. The number of hydrogen-bond donors (Lipinski definition) is 1. The Morgan fingerprint density at radius 1 is 1.00 bits per heavy atom. The van der Waals surface area contributed by atoms with Gasteiger partial charge in [-0.1, -0.05) is 60.5 Å². The summed E-state index contributed by atoms with van der Waals surface area (Å²) in [5.41, 5.74) is 2.81. The molecule has 0 unspecified atom stereocenters. The highest BCUT2D eigenvalue weighted by molar-refractivity contribution is 7.92. The number of ether oxygens (including phenoxy) is 1. The SMILES string of the molecule is CCNC(=O)[C@H](CC)N(Cc1ccccc1C)C(=O)CN(c1cc(Cl)ccc1OC)S(=O)(=O)c1ccc(C)cc1. The molecule has 0 radical (unpaired) electrons. The van der Waals surface area contributed by atoms with Gasteiger partial charge in [-0.15, -0.1) is 0 Å². The van der Waals surface area contributed by atoms with Gasteiger partial charge in [-0.25, -0.2) is 8.42 Å². The molecular formula is C30H36ClN3O5S. The van der Waals surface area contributed by atoms with Crippen molar-refractivity contribution < 1.29 is 22.7 Å². The summed E-state index contributed by atoms with van der Waals surface area (Å²) in [6, 6.07) is 17.7. The van der Waals surface area contributed by atoms with Crippen LogP contribution in [0, 0.1) is 13.8 Å². The zero-order chi connectivity index (χ0) is 29.4. The van der Waals surface area contributed by atoms with Crippen LogP contribution in [0.5, 0.6) is 5.75 Å². The van der Waals surface area contributed by atoms with Crippen LogP contribution in [-0.2, 0) is 26.2 Å². The lowest BCUT2D eigenvalue weighted by molar-refractivity contribution is -0.140. The zero-order valence-corrected chi connectivity index (χ0v) is 25.1. The van der Waals surface area contributed by atoms with E-state index in [4.69, 9.17) is 16.3 Å². The normalized spacial score (nSPS) is 11.9. The van der Waals surface area contributed by atoms with Crippen molar-refractivity contribution in [1.82, 2.24) is 10.2 Å². The fourth-order valence-electron chi connectivity index (χ4n) is 4.39. The minimum atomic E-state index is -4.25. The van der Waals surface area contributed by atoms with Crippen LogP contribution in [0.25, 0.3) is 0 Å². The van der Waals surface area contributed by atoms with E-state index in [-0.39, 0.29) is 33.8 Å². The molecule has 0 fully saturated rings. The summed E-state index contributed by atoms with van der Waals surface area (Å²) in [4.78, 5) is 28.7. The molecule has 0 aliphatic rings. The molecule has 3 aromatic rings. The maximum absolute atomic E-state index is 14.1. The summed E-state index contributed by atoms with van der Waals surface area (Å²) in [5.74, 6) is -0.617. The van der Waals surface area contributed by atoms with Gasteiger partial charge in [0.1, 0.15) is 18.3 Å². The number of nitrogens with one attached hydrogen (secondary N) is 1. The average Bonchev–Trinajstić information content (AvgIpc) is 2.92. The average molecular weight is 586 g/mol. The van der Waals surface area contributed by atoms with Gasteiger partial charge in [0.15, 0.2) is 0 Å². The van der Waals surface area contributed by atoms with Gasteiger partial charge in [0.2, 0.25) is 11.8 Å². The van der Waals surface area contributed by atoms with E-state index in [9.17, 15) is 18.0 Å². The van der Waals surface area contributed by atoms with Crippen molar-refractivity contribution in [1.29, 1.82) is 0 Å². The quantitative estimate of drug-likeness (QED) is 0.319.